The summed E-state index contributed by atoms with van der Waals surface area (Å²) in [5, 5.41) is 5.36. The molecule has 1 saturated heterocycles. The Kier molecular flexibility index (Phi) is 6.13. The van der Waals surface area contributed by atoms with Crippen LogP contribution in [0.5, 0.6) is 0 Å². The Bertz CT molecular complexity index is 731. The molecule has 132 valence electrons. The number of aromatic nitrogens is 1. The molecule has 1 fully saturated rings. The first-order valence-corrected chi connectivity index (χ1v) is 8.87. The summed E-state index contributed by atoms with van der Waals surface area (Å²) in [4.78, 5) is 14.1. The van der Waals surface area contributed by atoms with E-state index < -0.39 is 0 Å². The number of piperazine rings is 1. The van der Waals surface area contributed by atoms with Gasteiger partial charge >= 0.3 is 0 Å². The van der Waals surface area contributed by atoms with Crippen LogP contribution >= 0.6 is 23.2 Å². The lowest BCUT2D eigenvalue weighted by atomic mass is 10.1. The highest BCUT2D eigenvalue weighted by Gasteiger charge is 2.21. The van der Waals surface area contributed by atoms with Crippen LogP contribution in [0.15, 0.2) is 47.8 Å². The maximum Gasteiger partial charge on any atom is 0.128 e. The van der Waals surface area contributed by atoms with E-state index in [1.165, 1.54) is 0 Å². The molecule has 7 heteroatoms. The number of benzene rings is 1. The number of nitrogens with zero attached hydrogens (tertiary/aromatic N) is 4. The summed E-state index contributed by atoms with van der Waals surface area (Å²) in [6.07, 6.45) is 1.83. The summed E-state index contributed by atoms with van der Waals surface area (Å²) < 4.78 is 0. The number of hydrogen-bond acceptors (Lipinski definition) is 5. The molecule has 0 atom stereocenters. The first-order chi connectivity index (χ1) is 12.2. The zero-order valence-corrected chi connectivity index (χ0v) is 15.5. The normalized spacial score (nSPS) is 16.1. The van der Waals surface area contributed by atoms with Crippen LogP contribution in [-0.2, 0) is 4.84 Å². The summed E-state index contributed by atoms with van der Waals surface area (Å²) in [5.74, 6) is 1.02. The molecule has 1 aliphatic heterocycles. The third-order valence-corrected chi connectivity index (χ3v) is 4.71. The van der Waals surface area contributed by atoms with Gasteiger partial charge in [-0.3, -0.25) is 4.90 Å². The molecule has 3 rings (SSSR count). The Morgan fingerprint density at radius 1 is 1.16 bits per heavy atom. The largest absolute Gasteiger partial charge is 0.399 e. The standard InChI is InChI=1S/C18H20Cl2N4O/c1-25-22-17(15-6-5-14(19)12-16(15)20)13-23-8-10-24(11-9-23)18-4-2-3-7-21-18/h2-7,12H,8-11,13H2,1H3. The number of anilines is 1. The van der Waals surface area contributed by atoms with Crippen LogP contribution in [0.1, 0.15) is 5.56 Å². The summed E-state index contributed by atoms with van der Waals surface area (Å²) in [7, 11) is 1.54. The highest BCUT2D eigenvalue weighted by atomic mass is 35.5. The first kappa shape index (κ1) is 18.0. The van der Waals surface area contributed by atoms with Gasteiger partial charge in [-0.05, 0) is 30.3 Å². The van der Waals surface area contributed by atoms with Crippen molar-refractivity contribution in [2.24, 2.45) is 5.16 Å². The van der Waals surface area contributed by atoms with Crippen molar-refractivity contribution in [1.82, 2.24) is 9.88 Å². The minimum Gasteiger partial charge on any atom is -0.399 e. The van der Waals surface area contributed by atoms with E-state index >= 15 is 0 Å². The number of hydrogen-bond donors (Lipinski definition) is 0. The Morgan fingerprint density at radius 3 is 2.60 bits per heavy atom. The first-order valence-electron chi connectivity index (χ1n) is 8.11. The topological polar surface area (TPSA) is 41.0 Å². The molecular formula is C18H20Cl2N4O. The fourth-order valence-electron chi connectivity index (χ4n) is 2.88. The second-order valence-corrected chi connectivity index (χ2v) is 6.64. The van der Waals surface area contributed by atoms with Crippen molar-refractivity contribution >= 4 is 34.7 Å². The van der Waals surface area contributed by atoms with Gasteiger partial charge in [0.15, 0.2) is 0 Å². The highest BCUT2D eigenvalue weighted by molar-refractivity contribution is 6.37. The maximum atomic E-state index is 6.33. The molecule has 0 amide bonds. The van der Waals surface area contributed by atoms with E-state index in [1.54, 1.807) is 13.2 Å². The third-order valence-electron chi connectivity index (χ3n) is 4.16. The third kappa shape index (κ3) is 4.63. The quantitative estimate of drug-likeness (QED) is 0.589. The van der Waals surface area contributed by atoms with Crippen molar-refractivity contribution in [3.8, 4) is 0 Å². The smallest absolute Gasteiger partial charge is 0.128 e. The van der Waals surface area contributed by atoms with E-state index in [0.717, 1.165) is 43.3 Å². The fraction of sp³-hybridized carbons (Fsp3) is 0.333. The molecule has 0 radical (unpaired) electrons. The molecule has 2 aromatic rings. The van der Waals surface area contributed by atoms with Crippen molar-refractivity contribution in [2.45, 2.75) is 0 Å². The van der Waals surface area contributed by atoms with Crippen LogP contribution in [0.25, 0.3) is 0 Å². The van der Waals surface area contributed by atoms with Gasteiger partial charge in [0.25, 0.3) is 0 Å². The molecular weight excluding hydrogens is 359 g/mol. The van der Waals surface area contributed by atoms with Crippen molar-refractivity contribution in [2.75, 3.05) is 44.7 Å². The van der Waals surface area contributed by atoms with Gasteiger partial charge < -0.3 is 9.74 Å². The summed E-state index contributed by atoms with van der Waals surface area (Å²) in [5.41, 5.74) is 1.65. The summed E-state index contributed by atoms with van der Waals surface area (Å²) in [6.45, 7) is 4.36. The van der Waals surface area contributed by atoms with Crippen LogP contribution in [0.2, 0.25) is 10.0 Å². The highest BCUT2D eigenvalue weighted by Crippen LogP contribution is 2.22. The molecule has 0 aliphatic carbocycles. The minimum absolute atomic E-state index is 0.579. The predicted octanol–water partition coefficient (Wildman–Crippen LogP) is 3.56. The lowest BCUT2D eigenvalue weighted by Crippen LogP contribution is -2.48. The number of oxime groups is 1. The van der Waals surface area contributed by atoms with E-state index in [0.29, 0.717) is 16.6 Å². The summed E-state index contributed by atoms with van der Waals surface area (Å²) >= 11 is 12.3. The molecule has 5 nitrogen and oxygen atoms in total. The average molecular weight is 379 g/mol. The maximum absolute atomic E-state index is 6.33. The van der Waals surface area contributed by atoms with E-state index in [4.69, 9.17) is 28.0 Å². The number of pyridine rings is 1. The van der Waals surface area contributed by atoms with E-state index in [2.05, 4.69) is 19.9 Å². The van der Waals surface area contributed by atoms with Gasteiger partial charge in [-0.25, -0.2) is 4.98 Å². The van der Waals surface area contributed by atoms with Crippen molar-refractivity contribution in [3.05, 3.63) is 58.2 Å². The predicted molar refractivity (Wildman–Crippen MR) is 103 cm³/mol. The molecule has 2 heterocycles. The van der Waals surface area contributed by atoms with Crippen molar-refractivity contribution < 1.29 is 4.84 Å². The van der Waals surface area contributed by atoms with Crippen LogP contribution in [0.3, 0.4) is 0 Å². The van der Waals surface area contributed by atoms with Gasteiger partial charge in [-0.2, -0.15) is 0 Å². The molecule has 0 N–H and O–H groups in total. The van der Waals surface area contributed by atoms with E-state index in [1.807, 2.05) is 36.5 Å². The molecule has 1 aromatic heterocycles. The Hall–Kier alpha value is -1.82. The Labute approximate surface area is 157 Å². The Morgan fingerprint density at radius 2 is 1.96 bits per heavy atom. The van der Waals surface area contributed by atoms with Crippen LogP contribution in [0, 0.1) is 0 Å². The lowest BCUT2D eigenvalue weighted by Gasteiger charge is -2.35. The molecule has 1 aliphatic rings. The molecule has 25 heavy (non-hydrogen) atoms. The van der Waals surface area contributed by atoms with Gasteiger partial charge in [-0.1, -0.05) is 34.4 Å². The van der Waals surface area contributed by atoms with E-state index in [9.17, 15) is 0 Å². The van der Waals surface area contributed by atoms with Gasteiger partial charge in [-0.15, -0.1) is 0 Å². The van der Waals surface area contributed by atoms with E-state index in [-0.39, 0.29) is 0 Å². The zero-order chi connectivity index (χ0) is 17.6. The summed E-state index contributed by atoms with van der Waals surface area (Å²) in [6, 6.07) is 11.4. The number of rotatable bonds is 5. The zero-order valence-electron chi connectivity index (χ0n) is 14.0. The molecule has 1 aromatic carbocycles. The lowest BCUT2D eigenvalue weighted by molar-refractivity contribution is 0.209. The van der Waals surface area contributed by atoms with Crippen LogP contribution in [-0.4, -0.2) is 55.4 Å². The van der Waals surface area contributed by atoms with Gasteiger partial charge in [0.05, 0.1) is 5.02 Å². The average Bonchev–Trinajstić information content (AvgIpc) is 2.63. The SMILES string of the molecule is CON=C(CN1CCN(c2ccccn2)CC1)c1ccc(Cl)cc1Cl. The second-order valence-electron chi connectivity index (χ2n) is 5.80. The molecule has 0 unspecified atom stereocenters. The van der Waals surface area contributed by atoms with Crippen LogP contribution < -0.4 is 4.90 Å². The fourth-order valence-corrected chi connectivity index (χ4v) is 3.40. The van der Waals surface area contributed by atoms with Crippen LogP contribution in [0.4, 0.5) is 5.82 Å². The Balaban J connectivity index is 1.65. The van der Waals surface area contributed by atoms with Crippen molar-refractivity contribution in [1.29, 1.82) is 0 Å². The second kappa shape index (κ2) is 8.52. The van der Waals surface area contributed by atoms with Gasteiger partial charge in [0.1, 0.15) is 18.6 Å². The molecule has 0 spiro atoms. The van der Waals surface area contributed by atoms with Crippen molar-refractivity contribution in [3.63, 3.8) is 0 Å². The number of halogens is 2. The molecule has 0 saturated carbocycles. The van der Waals surface area contributed by atoms with Gasteiger partial charge in [0.2, 0.25) is 0 Å². The minimum atomic E-state index is 0.579. The monoisotopic (exact) mass is 378 g/mol. The van der Waals surface area contributed by atoms with Gasteiger partial charge in [0, 0.05) is 49.5 Å². The molecule has 0 bridgehead atoms.